The van der Waals surface area contributed by atoms with Gasteiger partial charge in [0.1, 0.15) is 37.5 Å². The van der Waals surface area contributed by atoms with Crippen molar-refractivity contribution in [1.82, 2.24) is 9.91 Å². The largest absolute Gasteiger partial charge is 0.457 e. The van der Waals surface area contributed by atoms with Gasteiger partial charge >= 0.3 is 0 Å². The van der Waals surface area contributed by atoms with Crippen LogP contribution in [0, 0.1) is 0 Å². The van der Waals surface area contributed by atoms with Crippen LogP contribution in [0.15, 0.2) is 58.7 Å². The number of ether oxygens (including phenoxy) is 1. The molecule has 1 aliphatic carbocycles. The predicted octanol–water partition coefficient (Wildman–Crippen LogP) is 3.85. The molecule has 2 aromatic rings. The number of nitrogens with zero attached hydrogens (tertiary/aromatic N) is 6. The molecule has 7 heteroatoms. The van der Waals surface area contributed by atoms with Crippen molar-refractivity contribution in [3.63, 3.8) is 0 Å². The lowest BCUT2D eigenvalue weighted by Gasteiger charge is -2.41. The fourth-order valence-corrected chi connectivity index (χ4v) is 4.79. The Bertz CT molecular complexity index is 898. The summed E-state index contributed by atoms with van der Waals surface area (Å²) in [7, 11) is 0. The molecule has 0 radical (unpaired) electrons. The first-order valence-electron chi connectivity index (χ1n) is 10.4. The molecule has 7 nitrogen and oxygen atoms in total. The first-order valence-corrected chi connectivity index (χ1v) is 10.4. The zero-order valence-corrected chi connectivity index (χ0v) is 16.3. The Balaban J connectivity index is 1.42. The number of hydrogen-bond acceptors (Lipinski definition) is 7. The van der Waals surface area contributed by atoms with Crippen LogP contribution in [-0.2, 0) is 0 Å². The number of fused-ring (bicyclic) bond motifs is 13. The summed E-state index contributed by atoms with van der Waals surface area (Å²) < 4.78 is 6.17. The van der Waals surface area contributed by atoms with Gasteiger partial charge in [-0.2, -0.15) is 10.2 Å². The van der Waals surface area contributed by atoms with Gasteiger partial charge in [0, 0.05) is 17.8 Å². The van der Waals surface area contributed by atoms with Crippen LogP contribution in [0.5, 0.6) is 11.5 Å². The summed E-state index contributed by atoms with van der Waals surface area (Å²) in [4.78, 5) is 4.58. The molecule has 2 unspecified atom stereocenters. The first-order chi connectivity index (χ1) is 14.3. The topological polar surface area (TPSA) is 46.9 Å². The van der Waals surface area contributed by atoms with Crippen LogP contribution in [-0.4, -0.2) is 48.0 Å². The Hall–Kier alpha value is -3.22. The standard InChI is InChI=1S/C22H24N6O/c1-2-10-22-21(9-1)26-14-23-27(16-26)18-6-4-8-20(12-18)29-19-7-3-5-17(11-19)25-13-24-28(22)15-25/h3-8,11-14,21-22H,1-2,9-10,15-16H2. The second-order valence-electron chi connectivity index (χ2n) is 8.08. The lowest BCUT2D eigenvalue weighted by Crippen LogP contribution is -2.52. The lowest BCUT2D eigenvalue weighted by atomic mass is 9.89. The van der Waals surface area contributed by atoms with Crippen LogP contribution in [0.2, 0.25) is 0 Å². The minimum absolute atomic E-state index is 0.396. The van der Waals surface area contributed by atoms with Crippen LogP contribution in [0.3, 0.4) is 0 Å². The van der Waals surface area contributed by atoms with Crippen LogP contribution in [0.1, 0.15) is 25.7 Å². The van der Waals surface area contributed by atoms with E-state index in [1.807, 2.05) is 42.0 Å². The second kappa shape index (κ2) is 6.69. The molecule has 2 aromatic carbocycles. The van der Waals surface area contributed by atoms with Crippen molar-refractivity contribution in [2.24, 2.45) is 10.2 Å². The molecule has 8 bridgehead atoms. The van der Waals surface area contributed by atoms with Crippen molar-refractivity contribution in [2.45, 2.75) is 37.8 Å². The number of benzene rings is 2. The summed E-state index contributed by atoms with van der Waals surface area (Å²) in [6.45, 7) is 1.53. The maximum Gasteiger partial charge on any atom is 0.129 e. The van der Waals surface area contributed by atoms with Gasteiger partial charge in [0.25, 0.3) is 0 Å². The third-order valence-corrected chi connectivity index (χ3v) is 6.28. The SMILES string of the molecule is C1=NN2CN1C1CCCCC1N1CN(C=N1)c1cccc(c1)Oc1cccc2c1. The van der Waals surface area contributed by atoms with Gasteiger partial charge in [-0.1, -0.05) is 25.0 Å². The number of hydrogen-bond donors (Lipinski definition) is 0. The van der Waals surface area contributed by atoms with Gasteiger partial charge in [0.2, 0.25) is 0 Å². The molecule has 4 aliphatic rings. The lowest BCUT2D eigenvalue weighted by molar-refractivity contribution is 0.0985. The molecule has 0 aromatic heterocycles. The minimum Gasteiger partial charge on any atom is -0.457 e. The van der Waals surface area contributed by atoms with E-state index in [4.69, 9.17) is 9.84 Å². The fourth-order valence-electron chi connectivity index (χ4n) is 4.79. The number of rotatable bonds is 0. The zero-order valence-electron chi connectivity index (χ0n) is 16.3. The van der Waals surface area contributed by atoms with E-state index in [2.05, 4.69) is 44.2 Å². The van der Waals surface area contributed by atoms with Crippen LogP contribution in [0.4, 0.5) is 11.4 Å². The van der Waals surface area contributed by atoms with Gasteiger partial charge in [0.05, 0.1) is 17.8 Å². The summed E-state index contributed by atoms with van der Waals surface area (Å²) in [5.74, 6) is 1.64. The number of hydrazone groups is 2. The summed E-state index contributed by atoms with van der Waals surface area (Å²) in [6, 6.07) is 17.2. The van der Waals surface area contributed by atoms with Crippen LogP contribution < -0.4 is 14.6 Å². The average Bonchev–Trinajstić information content (AvgIpc) is 3.44. The van der Waals surface area contributed by atoms with E-state index in [0.717, 1.165) is 36.2 Å². The highest BCUT2D eigenvalue weighted by molar-refractivity contribution is 5.80. The van der Waals surface area contributed by atoms with Crippen LogP contribution in [0.25, 0.3) is 0 Å². The summed E-state index contributed by atoms with van der Waals surface area (Å²) in [6.07, 6.45) is 8.81. The molecule has 2 atom stereocenters. The Morgan fingerprint density at radius 1 is 0.793 bits per heavy atom. The van der Waals surface area contributed by atoms with Crippen LogP contribution >= 0.6 is 0 Å². The minimum atomic E-state index is 0.396. The summed E-state index contributed by atoms with van der Waals surface area (Å²) >= 11 is 0. The maximum absolute atomic E-state index is 6.17. The van der Waals surface area contributed by atoms with Gasteiger partial charge < -0.3 is 14.5 Å². The van der Waals surface area contributed by atoms with E-state index in [9.17, 15) is 0 Å². The Kier molecular flexibility index (Phi) is 3.85. The molecule has 1 fully saturated rings. The molecule has 29 heavy (non-hydrogen) atoms. The Morgan fingerprint density at radius 2 is 1.55 bits per heavy atom. The van der Waals surface area contributed by atoms with Gasteiger partial charge in [-0.3, -0.25) is 5.01 Å². The predicted molar refractivity (Wildman–Crippen MR) is 114 cm³/mol. The Labute approximate surface area is 170 Å². The molecule has 0 spiro atoms. The fraction of sp³-hybridized carbons (Fsp3) is 0.364. The third kappa shape index (κ3) is 2.97. The highest BCUT2D eigenvalue weighted by Gasteiger charge is 2.37. The molecule has 3 heterocycles. The molecule has 0 amide bonds. The highest BCUT2D eigenvalue weighted by Crippen LogP contribution is 2.34. The van der Waals surface area contributed by atoms with Crippen molar-refractivity contribution >= 4 is 24.1 Å². The maximum atomic E-state index is 6.17. The van der Waals surface area contributed by atoms with Crippen molar-refractivity contribution < 1.29 is 4.74 Å². The van der Waals surface area contributed by atoms with Crippen molar-refractivity contribution in [3.8, 4) is 11.5 Å². The normalized spacial score (nSPS) is 24.8. The second-order valence-corrected chi connectivity index (χ2v) is 8.08. The zero-order chi connectivity index (χ0) is 19.2. The molecule has 1 saturated carbocycles. The monoisotopic (exact) mass is 388 g/mol. The van der Waals surface area contributed by atoms with E-state index in [-0.39, 0.29) is 0 Å². The van der Waals surface area contributed by atoms with Gasteiger partial charge in [-0.15, -0.1) is 0 Å². The first kappa shape index (κ1) is 16.7. The van der Waals surface area contributed by atoms with E-state index in [0.29, 0.717) is 12.1 Å². The highest BCUT2D eigenvalue weighted by atomic mass is 16.5. The Morgan fingerprint density at radius 3 is 2.41 bits per heavy atom. The quantitative estimate of drug-likeness (QED) is 0.686. The molecular weight excluding hydrogens is 364 g/mol. The molecule has 3 aliphatic heterocycles. The van der Waals surface area contributed by atoms with Crippen molar-refractivity contribution in [2.75, 3.05) is 23.2 Å². The van der Waals surface area contributed by atoms with Gasteiger partial charge in [0.15, 0.2) is 0 Å². The van der Waals surface area contributed by atoms with E-state index >= 15 is 0 Å². The molecule has 0 N–H and O–H groups in total. The molecular formula is C22H24N6O. The molecule has 148 valence electrons. The van der Waals surface area contributed by atoms with Gasteiger partial charge in [-0.25, -0.2) is 5.01 Å². The molecule has 0 saturated heterocycles. The van der Waals surface area contributed by atoms with E-state index in [1.54, 1.807) is 0 Å². The van der Waals surface area contributed by atoms with Gasteiger partial charge in [-0.05, 0) is 37.1 Å². The van der Waals surface area contributed by atoms with Crippen molar-refractivity contribution in [3.05, 3.63) is 48.5 Å². The van der Waals surface area contributed by atoms with Crippen molar-refractivity contribution in [1.29, 1.82) is 0 Å². The van der Waals surface area contributed by atoms with E-state index < -0.39 is 0 Å². The number of anilines is 2. The molecule has 6 rings (SSSR count). The van der Waals surface area contributed by atoms with E-state index in [1.165, 1.54) is 25.7 Å². The average molecular weight is 388 g/mol. The summed E-state index contributed by atoms with van der Waals surface area (Å²) in [5, 5.41) is 13.8. The smallest absolute Gasteiger partial charge is 0.129 e. The third-order valence-electron chi connectivity index (χ3n) is 6.28. The summed E-state index contributed by atoms with van der Waals surface area (Å²) in [5.41, 5.74) is 2.14.